The minimum atomic E-state index is -4.50. The number of nitrogens with one attached hydrogen (secondary N) is 2. The van der Waals surface area contributed by atoms with Gasteiger partial charge in [0, 0.05) is 11.5 Å². The van der Waals surface area contributed by atoms with Crippen molar-refractivity contribution in [3.8, 4) is 5.75 Å². The number of rotatable bonds is 9. The second kappa shape index (κ2) is 12.0. The molecule has 1 aromatic heterocycles. The molecule has 0 bridgehead atoms. The number of benzene rings is 2. The summed E-state index contributed by atoms with van der Waals surface area (Å²) >= 11 is 0. The largest absolute Gasteiger partial charge is 0.497 e. The molecule has 1 aliphatic rings. The predicted octanol–water partition coefficient (Wildman–Crippen LogP) is 3.12. The monoisotopic (exact) mass is 555 g/mol. The summed E-state index contributed by atoms with van der Waals surface area (Å²) in [5, 5.41) is 6.37. The molecule has 3 aromatic rings. The lowest BCUT2D eigenvalue weighted by molar-refractivity contribution is -0.135. The van der Waals surface area contributed by atoms with Crippen LogP contribution in [-0.4, -0.2) is 62.6 Å². The van der Waals surface area contributed by atoms with Gasteiger partial charge in [-0.25, -0.2) is 12.7 Å². The second-order valence-corrected chi connectivity index (χ2v) is 11.7. The highest BCUT2D eigenvalue weighted by Gasteiger charge is 2.43. The summed E-state index contributed by atoms with van der Waals surface area (Å²) in [5.41, 5.74) is 0.508. The van der Waals surface area contributed by atoms with Crippen molar-refractivity contribution in [3.05, 3.63) is 60.4 Å². The lowest BCUT2D eigenvalue weighted by Crippen LogP contribution is -2.56. The van der Waals surface area contributed by atoms with Gasteiger partial charge in [-0.15, -0.1) is 0 Å². The van der Waals surface area contributed by atoms with Gasteiger partial charge in [-0.2, -0.15) is 0 Å². The van der Waals surface area contributed by atoms with Gasteiger partial charge in [-0.1, -0.05) is 38.1 Å². The predicted molar refractivity (Wildman–Crippen MR) is 145 cm³/mol. The van der Waals surface area contributed by atoms with Crippen LogP contribution >= 0.6 is 0 Å². The number of ketones is 1. The molecule has 0 saturated carbocycles. The van der Waals surface area contributed by atoms with Crippen molar-refractivity contribution < 1.29 is 32.0 Å². The molecule has 1 unspecified atom stereocenters. The fourth-order valence-electron chi connectivity index (χ4n) is 4.64. The Balaban J connectivity index is 1.74. The fraction of sp³-hybridized carbons (Fsp3) is 0.393. The van der Waals surface area contributed by atoms with Gasteiger partial charge in [0.05, 0.1) is 18.6 Å². The molecule has 208 valence electrons. The highest BCUT2D eigenvalue weighted by molar-refractivity contribution is 7.89. The number of nitrogens with zero attached hydrogens (tertiary/aromatic N) is 1. The van der Waals surface area contributed by atoms with Gasteiger partial charge >= 0.3 is 0 Å². The van der Waals surface area contributed by atoms with Crippen LogP contribution in [0, 0.1) is 5.92 Å². The zero-order valence-electron chi connectivity index (χ0n) is 22.2. The molecule has 10 nitrogen and oxygen atoms in total. The molecule has 1 aliphatic heterocycles. The molecule has 2 amide bonds. The molecule has 2 heterocycles. The lowest BCUT2D eigenvalue weighted by atomic mass is 10.0. The van der Waals surface area contributed by atoms with Crippen molar-refractivity contribution in [2.45, 2.75) is 50.1 Å². The third kappa shape index (κ3) is 6.31. The van der Waals surface area contributed by atoms with Crippen LogP contribution in [0.3, 0.4) is 0 Å². The molecule has 1 fully saturated rings. The first-order chi connectivity index (χ1) is 18.6. The average Bonchev–Trinajstić information content (AvgIpc) is 3.25. The number of methoxy groups -OCH3 is 1. The highest BCUT2D eigenvalue weighted by Crippen LogP contribution is 2.27. The fourth-order valence-corrected chi connectivity index (χ4v) is 6.31. The van der Waals surface area contributed by atoms with Crippen LogP contribution in [0.1, 0.15) is 43.7 Å². The molecule has 0 spiro atoms. The zero-order valence-corrected chi connectivity index (χ0v) is 23.0. The molecule has 11 heteroatoms. The Morgan fingerprint density at radius 3 is 2.64 bits per heavy atom. The van der Waals surface area contributed by atoms with E-state index in [-0.39, 0.29) is 41.7 Å². The number of amides is 2. The molecule has 4 rings (SSSR count). The second-order valence-electron chi connectivity index (χ2n) is 9.92. The van der Waals surface area contributed by atoms with Crippen molar-refractivity contribution in [1.29, 1.82) is 0 Å². The Labute approximate surface area is 227 Å². The first-order valence-corrected chi connectivity index (χ1v) is 14.3. The van der Waals surface area contributed by atoms with Crippen LogP contribution in [0.2, 0.25) is 0 Å². The van der Waals surface area contributed by atoms with Crippen LogP contribution < -0.4 is 15.4 Å². The van der Waals surface area contributed by atoms with E-state index in [1.54, 1.807) is 30.3 Å². The SMILES string of the molecule is COc1cccc(S(=O)(=O)N(C(=O)C(CC(C)C)NC(=O)c2cc3ccccc3o2)[C@H]2CCCNCC2=O)c1. The van der Waals surface area contributed by atoms with E-state index in [9.17, 15) is 22.8 Å². The standard InChI is InChI=1S/C28H33N3O7S/c1-18(2)14-22(30-27(33)26-15-19-8-4-5-12-25(19)38-26)28(34)31(23-11-7-13-29-17-24(23)32)39(35,36)21-10-6-9-20(16-21)37-3/h4-6,8-10,12,15-16,18,22-23,29H,7,11,13-14,17H2,1-3H3,(H,30,33)/t22?,23-/m0/s1. The van der Waals surface area contributed by atoms with E-state index >= 15 is 0 Å². The summed E-state index contributed by atoms with van der Waals surface area (Å²) in [6.07, 6.45) is 0.800. The van der Waals surface area contributed by atoms with Crippen LogP contribution in [0.25, 0.3) is 11.0 Å². The van der Waals surface area contributed by atoms with Gasteiger partial charge in [0.1, 0.15) is 23.4 Å². The summed E-state index contributed by atoms with van der Waals surface area (Å²) in [7, 11) is -3.10. The maximum absolute atomic E-state index is 14.1. The number of para-hydroxylation sites is 1. The smallest absolute Gasteiger partial charge is 0.287 e. The van der Waals surface area contributed by atoms with E-state index in [2.05, 4.69) is 10.6 Å². The summed E-state index contributed by atoms with van der Waals surface area (Å²) in [5.74, 6) is -1.75. The van der Waals surface area contributed by atoms with E-state index < -0.39 is 39.7 Å². The van der Waals surface area contributed by atoms with Crippen LogP contribution in [0.4, 0.5) is 0 Å². The van der Waals surface area contributed by atoms with E-state index in [1.807, 2.05) is 19.9 Å². The lowest BCUT2D eigenvalue weighted by Gasteiger charge is -2.33. The first kappa shape index (κ1) is 28.3. The number of fused-ring (bicyclic) bond motifs is 1. The molecule has 0 radical (unpaired) electrons. The minimum absolute atomic E-state index is 0.00491. The number of carbonyl (C=O) groups is 3. The number of ether oxygens (including phenoxy) is 1. The highest BCUT2D eigenvalue weighted by atomic mass is 32.2. The topological polar surface area (TPSA) is 135 Å². The van der Waals surface area contributed by atoms with Crippen molar-refractivity contribution in [3.63, 3.8) is 0 Å². The Bertz CT molecular complexity index is 1430. The minimum Gasteiger partial charge on any atom is -0.497 e. The summed E-state index contributed by atoms with van der Waals surface area (Å²) in [4.78, 5) is 40.3. The molecule has 2 aromatic carbocycles. The van der Waals surface area contributed by atoms with Gasteiger partial charge in [-0.05, 0) is 56.0 Å². The van der Waals surface area contributed by atoms with Crippen LogP contribution in [0.5, 0.6) is 5.75 Å². The number of hydrogen-bond donors (Lipinski definition) is 2. The van der Waals surface area contributed by atoms with E-state index in [1.165, 1.54) is 25.3 Å². The van der Waals surface area contributed by atoms with Crippen LogP contribution in [0.15, 0.2) is 63.9 Å². The summed E-state index contributed by atoms with van der Waals surface area (Å²) < 4.78 is 39.5. The molecule has 2 atom stereocenters. The maximum atomic E-state index is 14.1. The Morgan fingerprint density at radius 1 is 1.15 bits per heavy atom. The number of sulfonamides is 1. The summed E-state index contributed by atoms with van der Waals surface area (Å²) in [6, 6.07) is 12.0. The third-order valence-electron chi connectivity index (χ3n) is 6.56. The maximum Gasteiger partial charge on any atom is 0.287 e. The van der Waals surface area contributed by atoms with E-state index in [0.29, 0.717) is 28.2 Å². The summed E-state index contributed by atoms with van der Waals surface area (Å²) in [6.45, 7) is 4.16. The molecular formula is C28H33N3O7S. The van der Waals surface area contributed by atoms with Crippen LogP contribution in [-0.2, 0) is 19.6 Å². The van der Waals surface area contributed by atoms with Crippen molar-refractivity contribution in [2.24, 2.45) is 5.92 Å². The molecule has 2 N–H and O–H groups in total. The molecule has 0 aliphatic carbocycles. The quantitative estimate of drug-likeness (QED) is 0.411. The van der Waals surface area contributed by atoms with Gasteiger partial charge < -0.3 is 19.8 Å². The van der Waals surface area contributed by atoms with Crippen molar-refractivity contribution in [2.75, 3.05) is 20.2 Å². The van der Waals surface area contributed by atoms with Gasteiger partial charge in [-0.3, -0.25) is 14.4 Å². The number of furan rings is 1. The Kier molecular flexibility index (Phi) is 8.71. The molecular weight excluding hydrogens is 522 g/mol. The van der Waals surface area contributed by atoms with Gasteiger partial charge in [0.2, 0.25) is 0 Å². The Hall–Kier alpha value is -3.70. The Morgan fingerprint density at radius 2 is 1.92 bits per heavy atom. The van der Waals surface area contributed by atoms with Crippen molar-refractivity contribution >= 4 is 38.6 Å². The molecule has 1 saturated heterocycles. The number of Topliss-reactive ketones (excluding diaryl/α,β-unsaturated/α-hetero) is 1. The van der Waals surface area contributed by atoms with Crippen molar-refractivity contribution in [1.82, 2.24) is 14.9 Å². The first-order valence-electron chi connectivity index (χ1n) is 12.9. The van der Waals surface area contributed by atoms with Gasteiger partial charge in [0.15, 0.2) is 11.5 Å². The molecule has 39 heavy (non-hydrogen) atoms. The van der Waals surface area contributed by atoms with E-state index in [0.717, 1.165) is 0 Å². The van der Waals surface area contributed by atoms with E-state index in [4.69, 9.17) is 9.15 Å². The average molecular weight is 556 g/mol. The number of carbonyl (C=O) groups excluding carboxylic acids is 3. The van der Waals surface area contributed by atoms with Gasteiger partial charge in [0.25, 0.3) is 21.8 Å². The zero-order chi connectivity index (χ0) is 28.2. The third-order valence-corrected chi connectivity index (χ3v) is 8.36. The number of hydrogen-bond acceptors (Lipinski definition) is 8. The normalized spacial score (nSPS) is 17.0.